The van der Waals surface area contributed by atoms with Crippen molar-refractivity contribution >= 4 is 12.6 Å². The van der Waals surface area contributed by atoms with Crippen LogP contribution in [0.5, 0.6) is 5.75 Å². The quantitative estimate of drug-likeness (QED) is 0.631. The zero-order valence-corrected chi connectivity index (χ0v) is 8.38. The van der Waals surface area contributed by atoms with E-state index in [9.17, 15) is 26.3 Å². The average Bonchev–Trinajstić information content (AvgIpc) is 2.13. The summed E-state index contributed by atoms with van der Waals surface area (Å²) < 4.78 is 76.2. The van der Waals surface area contributed by atoms with E-state index in [1.165, 1.54) is 0 Å². The van der Waals surface area contributed by atoms with Gasteiger partial charge in [0.1, 0.15) is 5.75 Å². The third-order valence-corrected chi connectivity index (χ3v) is 1.83. The highest BCUT2D eigenvalue weighted by Gasteiger charge is 2.39. The molecule has 3 nitrogen and oxygen atoms in total. The predicted molar refractivity (Wildman–Crippen MR) is 48.0 cm³/mol. The van der Waals surface area contributed by atoms with E-state index in [-0.39, 0.29) is 6.07 Å². The van der Waals surface area contributed by atoms with Crippen molar-refractivity contribution in [3.8, 4) is 5.75 Å². The normalized spacial score (nSPS) is 12.4. The van der Waals surface area contributed by atoms with Crippen LogP contribution in [0.3, 0.4) is 0 Å². The minimum atomic E-state index is -5.28. The molecule has 2 N–H and O–H groups in total. The van der Waals surface area contributed by atoms with Gasteiger partial charge in [0.25, 0.3) is 0 Å². The van der Waals surface area contributed by atoms with Crippen LogP contribution < -0.4 is 10.2 Å². The molecule has 100 valence electrons. The number of hydrogen-bond donors (Lipinski definition) is 2. The smallest absolute Gasteiger partial charge is 0.423 e. The highest BCUT2D eigenvalue weighted by Crippen LogP contribution is 2.37. The Bertz CT molecular complexity index is 428. The Kier molecular flexibility index (Phi) is 3.82. The van der Waals surface area contributed by atoms with Gasteiger partial charge in [-0.05, 0) is 17.6 Å². The number of halogens is 6. The van der Waals surface area contributed by atoms with E-state index in [4.69, 9.17) is 10.0 Å². The molecule has 0 atom stereocenters. The molecule has 0 aliphatic heterocycles. The van der Waals surface area contributed by atoms with Crippen LogP contribution in [0.4, 0.5) is 26.3 Å². The van der Waals surface area contributed by atoms with E-state index < -0.39 is 36.4 Å². The van der Waals surface area contributed by atoms with Crippen molar-refractivity contribution in [2.24, 2.45) is 0 Å². The number of alkyl halides is 6. The first-order valence-electron chi connectivity index (χ1n) is 4.34. The van der Waals surface area contributed by atoms with Crippen molar-refractivity contribution < 1.29 is 41.1 Å². The third kappa shape index (κ3) is 3.81. The first kappa shape index (κ1) is 14.6. The van der Waals surface area contributed by atoms with Crippen LogP contribution in [-0.4, -0.2) is 23.5 Å². The van der Waals surface area contributed by atoms with E-state index in [1.54, 1.807) is 0 Å². The van der Waals surface area contributed by atoms with Crippen LogP contribution in [0.1, 0.15) is 5.56 Å². The molecule has 1 aromatic rings. The molecule has 0 aliphatic rings. The lowest BCUT2D eigenvalue weighted by atomic mass is 9.79. The lowest BCUT2D eigenvalue weighted by Gasteiger charge is -2.16. The number of ether oxygens (including phenoxy) is 1. The fraction of sp³-hybridized carbons (Fsp3) is 0.250. The molecule has 10 heteroatoms. The van der Waals surface area contributed by atoms with Crippen LogP contribution in [0.15, 0.2) is 18.2 Å². The predicted octanol–water partition coefficient (Wildman–Crippen LogP) is 1.28. The van der Waals surface area contributed by atoms with Crippen molar-refractivity contribution in [1.82, 2.24) is 0 Å². The molecule has 0 radical (unpaired) electrons. The lowest BCUT2D eigenvalue weighted by Crippen LogP contribution is -2.31. The van der Waals surface area contributed by atoms with Crippen molar-refractivity contribution in [3.05, 3.63) is 23.8 Å². The summed E-state index contributed by atoms with van der Waals surface area (Å²) in [5.41, 5.74) is -2.35. The Morgan fingerprint density at radius 1 is 1.00 bits per heavy atom. The molecule has 0 aromatic heterocycles. The van der Waals surface area contributed by atoms with Gasteiger partial charge < -0.3 is 14.8 Å². The van der Waals surface area contributed by atoms with E-state index in [2.05, 4.69) is 4.74 Å². The van der Waals surface area contributed by atoms with Gasteiger partial charge in [0.15, 0.2) is 0 Å². The molecule has 0 saturated carbocycles. The van der Waals surface area contributed by atoms with Gasteiger partial charge in [-0.15, -0.1) is 13.2 Å². The molecule has 0 heterocycles. The minimum Gasteiger partial charge on any atom is -0.423 e. The fourth-order valence-electron chi connectivity index (χ4n) is 1.14. The Labute approximate surface area is 96.7 Å². The Hall–Kier alpha value is -1.42. The largest absolute Gasteiger partial charge is 0.573 e. The van der Waals surface area contributed by atoms with Crippen molar-refractivity contribution in [1.29, 1.82) is 0 Å². The van der Waals surface area contributed by atoms with Gasteiger partial charge in [-0.3, -0.25) is 0 Å². The van der Waals surface area contributed by atoms with E-state index in [0.29, 0.717) is 12.1 Å². The molecule has 1 rings (SSSR count). The van der Waals surface area contributed by atoms with Crippen LogP contribution in [0.25, 0.3) is 0 Å². The Morgan fingerprint density at radius 2 is 1.56 bits per heavy atom. The second-order valence-electron chi connectivity index (χ2n) is 3.17. The summed E-state index contributed by atoms with van der Waals surface area (Å²) >= 11 is 0. The zero-order chi connectivity index (χ0) is 14.1. The third-order valence-electron chi connectivity index (χ3n) is 1.83. The van der Waals surface area contributed by atoms with Crippen LogP contribution in [-0.2, 0) is 6.18 Å². The second-order valence-corrected chi connectivity index (χ2v) is 3.17. The van der Waals surface area contributed by atoms with Gasteiger partial charge in [-0.2, -0.15) is 13.2 Å². The summed E-state index contributed by atoms with van der Waals surface area (Å²) in [6, 6.07) is 1.22. The monoisotopic (exact) mass is 274 g/mol. The first-order valence-corrected chi connectivity index (χ1v) is 4.34. The van der Waals surface area contributed by atoms with Gasteiger partial charge in [-0.25, -0.2) is 0 Å². The van der Waals surface area contributed by atoms with Crippen LogP contribution in [0.2, 0.25) is 0 Å². The number of benzene rings is 1. The summed E-state index contributed by atoms with van der Waals surface area (Å²) in [4.78, 5) is 0. The van der Waals surface area contributed by atoms with Gasteiger partial charge in [-0.1, -0.05) is 6.07 Å². The molecular weight excluding hydrogens is 269 g/mol. The lowest BCUT2D eigenvalue weighted by molar-refractivity contribution is -0.276. The van der Waals surface area contributed by atoms with Gasteiger partial charge in [0, 0.05) is 0 Å². The highest BCUT2D eigenvalue weighted by atomic mass is 19.4. The Morgan fingerprint density at radius 3 is 1.94 bits per heavy atom. The van der Waals surface area contributed by atoms with Crippen molar-refractivity contribution in [3.63, 3.8) is 0 Å². The SMILES string of the molecule is OB(O)c1ccc(OC(F)(F)F)c(C(F)(F)F)c1. The fourth-order valence-corrected chi connectivity index (χ4v) is 1.14. The molecule has 0 amide bonds. The van der Waals surface area contributed by atoms with Gasteiger partial charge >= 0.3 is 19.7 Å². The maximum absolute atomic E-state index is 12.5. The highest BCUT2D eigenvalue weighted by molar-refractivity contribution is 6.58. The molecule has 18 heavy (non-hydrogen) atoms. The first-order chi connectivity index (χ1) is 8.00. The topological polar surface area (TPSA) is 49.7 Å². The van der Waals surface area contributed by atoms with Crippen LogP contribution in [0, 0.1) is 0 Å². The minimum absolute atomic E-state index is 0.172. The zero-order valence-electron chi connectivity index (χ0n) is 8.38. The number of hydrogen-bond acceptors (Lipinski definition) is 3. The average molecular weight is 274 g/mol. The van der Waals surface area contributed by atoms with Gasteiger partial charge in [0.05, 0.1) is 5.56 Å². The van der Waals surface area contributed by atoms with Gasteiger partial charge in [0.2, 0.25) is 0 Å². The summed E-state index contributed by atoms with van der Waals surface area (Å²) in [6.45, 7) is 0. The van der Waals surface area contributed by atoms with E-state index in [0.717, 1.165) is 0 Å². The second kappa shape index (κ2) is 4.69. The van der Waals surface area contributed by atoms with Crippen molar-refractivity contribution in [2.75, 3.05) is 0 Å². The molecule has 0 unspecified atom stereocenters. The summed E-state index contributed by atoms with van der Waals surface area (Å²) in [6.07, 6.45) is -10.4. The molecule has 0 spiro atoms. The molecule has 0 saturated heterocycles. The molecule has 1 aromatic carbocycles. The van der Waals surface area contributed by atoms with E-state index in [1.807, 2.05) is 0 Å². The standard InChI is InChI=1S/C8H5BF6O3/c10-7(11,12)5-3-4(9(16)17)1-2-6(5)18-8(13,14)15/h1-3,16-17H. The van der Waals surface area contributed by atoms with Crippen molar-refractivity contribution in [2.45, 2.75) is 12.5 Å². The summed E-state index contributed by atoms with van der Waals surface area (Å²) in [5.74, 6) is -1.46. The van der Waals surface area contributed by atoms with Crippen LogP contribution >= 0.6 is 0 Å². The molecule has 0 bridgehead atoms. The summed E-state index contributed by atoms with van der Waals surface area (Å²) in [5, 5.41) is 17.3. The maximum Gasteiger partial charge on any atom is 0.573 e. The molecule has 0 aliphatic carbocycles. The maximum atomic E-state index is 12.5. The van der Waals surface area contributed by atoms with E-state index >= 15 is 0 Å². The number of rotatable bonds is 2. The molecular formula is C8H5BF6O3. The molecule has 0 fully saturated rings. The summed E-state index contributed by atoms with van der Waals surface area (Å²) in [7, 11) is -2.23. The Balaban J connectivity index is 3.26.